The molecule has 0 aliphatic heterocycles. The number of aryl methyl sites for hydroxylation is 3. The number of thiazole rings is 1. The van der Waals surface area contributed by atoms with Crippen molar-refractivity contribution in [3.8, 4) is 10.6 Å². The second-order valence-electron chi connectivity index (χ2n) is 7.00. The fourth-order valence-corrected chi connectivity index (χ4v) is 4.21. The number of hydrogen-bond donors (Lipinski definition) is 1. The van der Waals surface area contributed by atoms with Gasteiger partial charge < -0.3 is 9.84 Å². The van der Waals surface area contributed by atoms with Crippen LogP contribution in [0.2, 0.25) is 0 Å². The van der Waals surface area contributed by atoms with E-state index in [0.29, 0.717) is 12.2 Å². The van der Waals surface area contributed by atoms with Gasteiger partial charge in [0.1, 0.15) is 10.7 Å². The fraction of sp³-hybridized carbons (Fsp3) is 0.227. The summed E-state index contributed by atoms with van der Waals surface area (Å²) in [5.74, 6) is -0.0974. The number of carbonyl (C=O) groups is 1. The molecule has 0 spiro atoms. The Morgan fingerprint density at radius 2 is 1.96 bits per heavy atom. The molecule has 6 heteroatoms. The maximum atomic E-state index is 12.4. The summed E-state index contributed by atoms with van der Waals surface area (Å²) >= 11 is 1.59. The quantitative estimate of drug-likeness (QED) is 0.534. The molecule has 4 rings (SSSR count). The molecule has 0 saturated carbocycles. The van der Waals surface area contributed by atoms with E-state index in [2.05, 4.69) is 34.5 Å². The van der Waals surface area contributed by atoms with E-state index in [9.17, 15) is 4.79 Å². The van der Waals surface area contributed by atoms with E-state index in [4.69, 9.17) is 4.52 Å². The third-order valence-corrected chi connectivity index (χ3v) is 5.62. The monoisotopic (exact) mass is 391 g/mol. The topological polar surface area (TPSA) is 68.0 Å². The summed E-state index contributed by atoms with van der Waals surface area (Å²) < 4.78 is 5.42. The first kappa shape index (κ1) is 18.4. The first-order chi connectivity index (χ1) is 13.5. The molecule has 0 atom stereocenters. The van der Waals surface area contributed by atoms with E-state index in [1.54, 1.807) is 11.3 Å². The summed E-state index contributed by atoms with van der Waals surface area (Å²) in [5, 5.41) is 10.9. The van der Waals surface area contributed by atoms with Crippen LogP contribution < -0.4 is 5.32 Å². The van der Waals surface area contributed by atoms with Crippen LogP contribution in [0, 0.1) is 20.8 Å². The summed E-state index contributed by atoms with van der Waals surface area (Å²) in [6, 6.07) is 12.2. The van der Waals surface area contributed by atoms with Gasteiger partial charge in [-0.1, -0.05) is 35.5 Å². The normalized spacial score (nSPS) is 11.1. The number of hydrogen-bond acceptors (Lipinski definition) is 5. The number of nitrogens with one attached hydrogen (secondary N) is 1. The van der Waals surface area contributed by atoms with Gasteiger partial charge in [-0.3, -0.25) is 4.79 Å². The number of rotatable bonds is 5. The largest absolute Gasteiger partial charge is 0.356 e. The van der Waals surface area contributed by atoms with Gasteiger partial charge in [-0.2, -0.15) is 0 Å². The van der Waals surface area contributed by atoms with Crippen molar-refractivity contribution in [2.45, 2.75) is 33.7 Å². The lowest BCUT2D eigenvalue weighted by molar-refractivity contribution is -0.120. The SMILES string of the molecule is Cc1cc(C)c2onc(CC(=O)NCc3csc(-c4ccccc4C)n3)c2c1. The van der Waals surface area contributed by atoms with Gasteiger partial charge >= 0.3 is 0 Å². The number of carbonyl (C=O) groups excluding carboxylic acids is 1. The Morgan fingerprint density at radius 3 is 2.79 bits per heavy atom. The predicted molar refractivity (Wildman–Crippen MR) is 111 cm³/mol. The van der Waals surface area contributed by atoms with Crippen molar-refractivity contribution in [2.24, 2.45) is 0 Å². The van der Waals surface area contributed by atoms with E-state index >= 15 is 0 Å². The number of fused-ring (bicyclic) bond motifs is 1. The number of nitrogens with zero attached hydrogens (tertiary/aromatic N) is 2. The van der Waals surface area contributed by atoms with Crippen molar-refractivity contribution < 1.29 is 9.32 Å². The molecule has 0 unspecified atom stereocenters. The van der Waals surface area contributed by atoms with Gasteiger partial charge in [0.2, 0.25) is 5.91 Å². The van der Waals surface area contributed by atoms with Gasteiger partial charge in [0.25, 0.3) is 0 Å². The van der Waals surface area contributed by atoms with E-state index in [-0.39, 0.29) is 12.3 Å². The van der Waals surface area contributed by atoms with Crippen molar-refractivity contribution in [3.63, 3.8) is 0 Å². The van der Waals surface area contributed by atoms with E-state index in [0.717, 1.165) is 38.4 Å². The minimum absolute atomic E-state index is 0.0974. The van der Waals surface area contributed by atoms with Gasteiger partial charge in [-0.15, -0.1) is 11.3 Å². The highest BCUT2D eigenvalue weighted by Crippen LogP contribution is 2.27. The third kappa shape index (κ3) is 3.68. The molecule has 1 amide bonds. The standard InChI is InChI=1S/C22H21N3O2S/c1-13-8-15(3)21-18(9-13)19(25-27-21)10-20(26)23-11-16-12-28-22(24-16)17-7-5-4-6-14(17)2/h4-9,12H,10-11H2,1-3H3,(H,23,26). The van der Waals surface area contributed by atoms with Gasteiger partial charge in [-0.05, 0) is 43.5 Å². The maximum absolute atomic E-state index is 12.4. The minimum atomic E-state index is -0.0974. The molecule has 0 aliphatic rings. The molecule has 0 bridgehead atoms. The zero-order valence-electron chi connectivity index (χ0n) is 16.1. The predicted octanol–water partition coefficient (Wildman–Crippen LogP) is 4.74. The van der Waals surface area contributed by atoms with Crippen molar-refractivity contribution in [2.75, 3.05) is 0 Å². The summed E-state index contributed by atoms with van der Waals surface area (Å²) in [4.78, 5) is 17.1. The first-order valence-electron chi connectivity index (χ1n) is 9.14. The molecule has 0 fully saturated rings. The lowest BCUT2D eigenvalue weighted by Gasteiger charge is -2.03. The van der Waals surface area contributed by atoms with Crippen LogP contribution in [0.4, 0.5) is 0 Å². The Balaban J connectivity index is 1.43. The molecule has 0 radical (unpaired) electrons. The van der Waals surface area contributed by atoms with Crippen molar-refractivity contribution in [1.82, 2.24) is 15.5 Å². The highest BCUT2D eigenvalue weighted by Gasteiger charge is 2.15. The van der Waals surface area contributed by atoms with E-state index < -0.39 is 0 Å². The Labute approximate surface area is 167 Å². The van der Waals surface area contributed by atoms with E-state index in [1.807, 2.05) is 43.5 Å². The summed E-state index contributed by atoms with van der Waals surface area (Å²) in [5.41, 5.74) is 6.74. The highest BCUT2D eigenvalue weighted by molar-refractivity contribution is 7.13. The summed E-state index contributed by atoms with van der Waals surface area (Å²) in [6.45, 7) is 6.48. The van der Waals surface area contributed by atoms with Crippen LogP contribution in [0.15, 0.2) is 46.3 Å². The number of benzene rings is 2. The Bertz CT molecular complexity index is 1160. The van der Waals surface area contributed by atoms with Gasteiger partial charge in [-0.25, -0.2) is 4.98 Å². The maximum Gasteiger partial charge on any atom is 0.226 e. The van der Waals surface area contributed by atoms with E-state index in [1.165, 1.54) is 5.56 Å². The van der Waals surface area contributed by atoms with Crippen LogP contribution in [-0.4, -0.2) is 16.0 Å². The second kappa shape index (κ2) is 7.56. The zero-order chi connectivity index (χ0) is 19.7. The molecule has 2 heterocycles. The molecule has 28 heavy (non-hydrogen) atoms. The van der Waals surface area contributed by atoms with Crippen LogP contribution in [0.3, 0.4) is 0 Å². The average molecular weight is 391 g/mol. The lowest BCUT2D eigenvalue weighted by atomic mass is 10.1. The fourth-order valence-electron chi connectivity index (χ4n) is 3.30. The molecule has 1 N–H and O–H groups in total. The van der Waals surface area contributed by atoms with Gasteiger partial charge in [0, 0.05) is 16.3 Å². The van der Waals surface area contributed by atoms with Gasteiger partial charge in [0.15, 0.2) is 5.58 Å². The first-order valence-corrected chi connectivity index (χ1v) is 10.0. The van der Waals surface area contributed by atoms with Crippen LogP contribution in [0.5, 0.6) is 0 Å². The smallest absolute Gasteiger partial charge is 0.226 e. The Morgan fingerprint density at radius 1 is 1.14 bits per heavy atom. The number of amides is 1. The molecular formula is C22H21N3O2S. The molecular weight excluding hydrogens is 370 g/mol. The Kier molecular flexibility index (Phi) is 4.96. The summed E-state index contributed by atoms with van der Waals surface area (Å²) in [6.07, 6.45) is 0.185. The molecule has 0 saturated heterocycles. The zero-order valence-corrected chi connectivity index (χ0v) is 16.9. The molecule has 2 aromatic heterocycles. The highest BCUT2D eigenvalue weighted by atomic mass is 32.1. The molecule has 2 aromatic carbocycles. The lowest BCUT2D eigenvalue weighted by Crippen LogP contribution is -2.24. The van der Waals surface area contributed by atoms with Crippen molar-refractivity contribution in [1.29, 1.82) is 0 Å². The molecule has 5 nitrogen and oxygen atoms in total. The van der Waals surface area contributed by atoms with Crippen molar-refractivity contribution >= 4 is 28.2 Å². The van der Waals surface area contributed by atoms with Crippen LogP contribution in [0.1, 0.15) is 28.1 Å². The van der Waals surface area contributed by atoms with Gasteiger partial charge in [0.05, 0.1) is 18.7 Å². The molecule has 4 aromatic rings. The molecule has 142 valence electrons. The number of aromatic nitrogens is 2. The van der Waals surface area contributed by atoms with Crippen LogP contribution in [-0.2, 0) is 17.8 Å². The third-order valence-electron chi connectivity index (χ3n) is 4.70. The summed E-state index contributed by atoms with van der Waals surface area (Å²) in [7, 11) is 0. The molecule has 0 aliphatic carbocycles. The van der Waals surface area contributed by atoms with Crippen molar-refractivity contribution in [3.05, 3.63) is 69.9 Å². The minimum Gasteiger partial charge on any atom is -0.356 e. The van der Waals surface area contributed by atoms with Crippen LogP contribution in [0.25, 0.3) is 21.5 Å². The van der Waals surface area contributed by atoms with Crippen LogP contribution >= 0.6 is 11.3 Å². The second-order valence-corrected chi connectivity index (χ2v) is 7.86. The average Bonchev–Trinajstić information content (AvgIpc) is 3.28. The Hall–Kier alpha value is -2.99.